The highest BCUT2D eigenvalue weighted by Crippen LogP contribution is 2.23. The minimum absolute atomic E-state index is 0.885. The summed E-state index contributed by atoms with van der Waals surface area (Å²) >= 11 is 1.79. The van der Waals surface area contributed by atoms with Crippen LogP contribution < -0.4 is 4.57 Å². The lowest BCUT2D eigenvalue weighted by Crippen LogP contribution is -2.35. The number of rotatable bonds is 5. The van der Waals surface area contributed by atoms with Crippen LogP contribution >= 0.6 is 11.3 Å². The molecule has 0 unspecified atom stereocenters. The zero-order valence-corrected chi connectivity index (χ0v) is 14.2. The van der Waals surface area contributed by atoms with E-state index in [1.165, 1.54) is 21.8 Å². The number of aromatic nitrogens is 2. The Bertz CT molecular complexity index is 835. The molecule has 24 heavy (non-hydrogen) atoms. The molecule has 0 aliphatic heterocycles. The van der Waals surface area contributed by atoms with E-state index in [4.69, 9.17) is 0 Å². The Morgan fingerprint density at radius 3 is 2.17 bits per heavy atom. The number of benzene rings is 2. The zero-order chi connectivity index (χ0) is 16.2. The smallest absolute Gasteiger partial charge is 0.225 e. The first-order chi connectivity index (χ1) is 11.9. The predicted octanol–water partition coefficient (Wildman–Crippen LogP) is 4.60. The fourth-order valence-corrected chi connectivity index (χ4v) is 3.77. The Hall–Kier alpha value is -2.65. The summed E-state index contributed by atoms with van der Waals surface area (Å²) in [6.45, 7) is 1.77. The van der Waals surface area contributed by atoms with E-state index in [9.17, 15) is 0 Å². The van der Waals surface area contributed by atoms with Crippen LogP contribution in [0.4, 0.5) is 0 Å². The van der Waals surface area contributed by atoms with E-state index in [-0.39, 0.29) is 0 Å². The average Bonchev–Trinajstić information content (AvgIpc) is 3.27. The predicted molar refractivity (Wildman–Crippen MR) is 99.0 cm³/mol. The lowest BCUT2D eigenvalue weighted by Gasteiger charge is -2.04. The lowest BCUT2D eigenvalue weighted by atomic mass is 10.2. The molecule has 2 aromatic carbocycles. The molecule has 0 bridgehead atoms. The van der Waals surface area contributed by atoms with Crippen molar-refractivity contribution in [2.24, 2.45) is 0 Å². The molecule has 0 fully saturated rings. The highest BCUT2D eigenvalue weighted by Gasteiger charge is 2.20. The number of hydrogen-bond donors (Lipinski definition) is 0. The number of thiophene rings is 1. The highest BCUT2D eigenvalue weighted by molar-refractivity contribution is 7.13. The van der Waals surface area contributed by atoms with Gasteiger partial charge in [0.2, 0.25) is 0 Å². The fourth-order valence-electron chi connectivity index (χ4n) is 2.97. The van der Waals surface area contributed by atoms with E-state index in [0.29, 0.717) is 0 Å². The molecule has 0 saturated heterocycles. The topological polar surface area (TPSA) is 8.81 Å². The second kappa shape index (κ2) is 6.85. The van der Waals surface area contributed by atoms with Crippen LogP contribution in [0, 0.1) is 0 Å². The van der Waals surface area contributed by atoms with Crippen LogP contribution in [0.5, 0.6) is 0 Å². The van der Waals surface area contributed by atoms with Crippen molar-refractivity contribution in [3.05, 3.63) is 102 Å². The van der Waals surface area contributed by atoms with Crippen LogP contribution in [0.3, 0.4) is 0 Å². The van der Waals surface area contributed by atoms with Gasteiger partial charge in [-0.05, 0) is 22.6 Å². The third kappa shape index (κ3) is 3.17. The van der Waals surface area contributed by atoms with Gasteiger partial charge in [-0.15, -0.1) is 11.3 Å². The second-order valence-corrected chi connectivity index (χ2v) is 6.77. The summed E-state index contributed by atoms with van der Waals surface area (Å²) in [5, 5.41) is 2.14. The Morgan fingerprint density at radius 2 is 1.50 bits per heavy atom. The first-order valence-corrected chi connectivity index (χ1v) is 8.98. The van der Waals surface area contributed by atoms with Crippen LogP contribution in [-0.2, 0) is 13.1 Å². The van der Waals surface area contributed by atoms with Gasteiger partial charge in [0.05, 0.1) is 0 Å². The normalized spacial score (nSPS) is 10.8. The van der Waals surface area contributed by atoms with E-state index in [1.807, 2.05) is 0 Å². The summed E-state index contributed by atoms with van der Waals surface area (Å²) in [5.74, 6) is 1.26. The molecule has 4 aromatic rings. The molecule has 2 nitrogen and oxygen atoms in total. The van der Waals surface area contributed by atoms with E-state index in [1.54, 1.807) is 11.3 Å². The highest BCUT2D eigenvalue weighted by atomic mass is 32.1. The summed E-state index contributed by atoms with van der Waals surface area (Å²) in [6, 6.07) is 25.6. The van der Waals surface area contributed by atoms with Gasteiger partial charge in [0.15, 0.2) is 0 Å². The van der Waals surface area contributed by atoms with Crippen molar-refractivity contribution in [1.82, 2.24) is 4.57 Å². The second-order valence-electron chi connectivity index (χ2n) is 5.83. The monoisotopic (exact) mass is 331 g/mol. The molecule has 2 aromatic heterocycles. The van der Waals surface area contributed by atoms with E-state index in [2.05, 4.69) is 99.7 Å². The van der Waals surface area contributed by atoms with Gasteiger partial charge in [0, 0.05) is 0 Å². The Labute approximate surface area is 146 Å². The van der Waals surface area contributed by atoms with Crippen molar-refractivity contribution in [2.45, 2.75) is 13.1 Å². The molecule has 0 spiro atoms. The van der Waals surface area contributed by atoms with Gasteiger partial charge in [0.25, 0.3) is 5.82 Å². The first-order valence-electron chi connectivity index (χ1n) is 8.10. The number of imidazole rings is 1. The third-order valence-electron chi connectivity index (χ3n) is 4.10. The largest absolute Gasteiger partial charge is 0.299 e. The van der Waals surface area contributed by atoms with Crippen molar-refractivity contribution < 1.29 is 4.57 Å². The summed E-state index contributed by atoms with van der Waals surface area (Å²) in [4.78, 5) is 1.30. The van der Waals surface area contributed by atoms with Crippen LogP contribution in [0.15, 0.2) is 90.6 Å². The Kier molecular flexibility index (Phi) is 4.26. The maximum atomic E-state index is 2.34. The van der Waals surface area contributed by atoms with E-state index < -0.39 is 0 Å². The average molecular weight is 331 g/mol. The maximum absolute atomic E-state index is 2.34. The van der Waals surface area contributed by atoms with Crippen LogP contribution in [0.2, 0.25) is 0 Å². The summed E-state index contributed by atoms with van der Waals surface area (Å²) in [7, 11) is 0. The summed E-state index contributed by atoms with van der Waals surface area (Å²) in [6.07, 6.45) is 4.37. The number of nitrogens with zero attached hydrogens (tertiary/aromatic N) is 2. The molecule has 3 heteroatoms. The van der Waals surface area contributed by atoms with Crippen LogP contribution in [0.1, 0.15) is 11.1 Å². The van der Waals surface area contributed by atoms with Crippen molar-refractivity contribution in [3.8, 4) is 10.7 Å². The van der Waals surface area contributed by atoms with Gasteiger partial charge in [-0.25, -0.2) is 9.13 Å². The van der Waals surface area contributed by atoms with Gasteiger partial charge in [-0.2, -0.15) is 0 Å². The molecule has 0 N–H and O–H groups in total. The van der Waals surface area contributed by atoms with Gasteiger partial charge in [-0.1, -0.05) is 66.7 Å². The molecule has 0 aliphatic rings. The standard InChI is InChI=1S/C21H19N2S/c1-3-8-18(9-4-1)16-22-13-14-23(17-19-10-5-2-6-11-19)21(22)20-12-7-15-24-20/h1-15H,16-17H2/q+1. The van der Waals surface area contributed by atoms with Gasteiger partial charge >= 0.3 is 0 Å². The van der Waals surface area contributed by atoms with Crippen molar-refractivity contribution in [1.29, 1.82) is 0 Å². The van der Waals surface area contributed by atoms with E-state index >= 15 is 0 Å². The Balaban J connectivity index is 1.72. The third-order valence-corrected chi connectivity index (χ3v) is 4.97. The SMILES string of the molecule is c1ccc(Cn2cc[n+](Cc3ccccc3)c2-c2cccs2)cc1. The quantitative estimate of drug-likeness (QED) is 0.473. The molecule has 0 saturated carbocycles. The Morgan fingerprint density at radius 1 is 0.792 bits per heavy atom. The molecule has 0 radical (unpaired) electrons. The van der Waals surface area contributed by atoms with Crippen molar-refractivity contribution in [2.75, 3.05) is 0 Å². The minimum atomic E-state index is 0.885. The lowest BCUT2D eigenvalue weighted by molar-refractivity contribution is -0.676. The molecular weight excluding hydrogens is 312 g/mol. The van der Waals surface area contributed by atoms with Crippen LogP contribution in [0.25, 0.3) is 10.7 Å². The van der Waals surface area contributed by atoms with E-state index in [0.717, 1.165) is 13.1 Å². The first kappa shape index (κ1) is 14.9. The number of hydrogen-bond acceptors (Lipinski definition) is 1. The zero-order valence-electron chi connectivity index (χ0n) is 13.4. The summed E-state index contributed by atoms with van der Waals surface area (Å²) < 4.78 is 4.67. The molecule has 118 valence electrons. The molecule has 0 amide bonds. The molecular formula is C21H19N2S+. The molecule has 0 atom stereocenters. The molecule has 2 heterocycles. The van der Waals surface area contributed by atoms with Gasteiger partial charge < -0.3 is 0 Å². The fraction of sp³-hybridized carbons (Fsp3) is 0.0952. The minimum Gasteiger partial charge on any atom is -0.225 e. The molecule has 0 aliphatic carbocycles. The summed E-state index contributed by atoms with van der Waals surface area (Å²) in [5.41, 5.74) is 2.63. The molecule has 4 rings (SSSR count). The van der Waals surface area contributed by atoms with Gasteiger partial charge in [0.1, 0.15) is 30.4 Å². The van der Waals surface area contributed by atoms with Gasteiger partial charge in [-0.3, -0.25) is 0 Å². The maximum Gasteiger partial charge on any atom is 0.299 e. The van der Waals surface area contributed by atoms with Crippen molar-refractivity contribution in [3.63, 3.8) is 0 Å². The van der Waals surface area contributed by atoms with Crippen LogP contribution in [-0.4, -0.2) is 4.57 Å². The van der Waals surface area contributed by atoms with Crippen molar-refractivity contribution >= 4 is 11.3 Å².